The van der Waals surface area contributed by atoms with Gasteiger partial charge in [0, 0.05) is 28.3 Å². The van der Waals surface area contributed by atoms with E-state index in [0.717, 1.165) is 18.2 Å². The van der Waals surface area contributed by atoms with Crippen molar-refractivity contribution in [1.29, 1.82) is 0 Å². The summed E-state index contributed by atoms with van der Waals surface area (Å²) in [7, 11) is 0. The highest BCUT2D eigenvalue weighted by atomic mass is 35.5. The maximum absolute atomic E-state index is 13.5. The van der Waals surface area contributed by atoms with Crippen molar-refractivity contribution >= 4 is 40.7 Å². The van der Waals surface area contributed by atoms with E-state index in [1.165, 1.54) is 4.90 Å². The van der Waals surface area contributed by atoms with Gasteiger partial charge in [-0.25, -0.2) is 8.78 Å². The van der Waals surface area contributed by atoms with Gasteiger partial charge in [-0.1, -0.05) is 30.1 Å². The normalized spacial score (nSPS) is 19.4. The van der Waals surface area contributed by atoms with Gasteiger partial charge in [0.1, 0.15) is 11.6 Å². The molecule has 1 saturated heterocycles. The van der Waals surface area contributed by atoms with Crippen LogP contribution in [0.5, 0.6) is 0 Å². The Kier molecular flexibility index (Phi) is 5.67. The second kappa shape index (κ2) is 7.82. The molecule has 0 bridgehead atoms. The Morgan fingerprint density at radius 2 is 1.85 bits per heavy atom. The Morgan fingerprint density at radius 1 is 1.19 bits per heavy atom. The fourth-order valence-electron chi connectivity index (χ4n) is 3.07. The van der Waals surface area contributed by atoms with Gasteiger partial charge in [-0.3, -0.25) is 9.59 Å². The van der Waals surface area contributed by atoms with Crippen molar-refractivity contribution in [2.75, 3.05) is 11.4 Å². The molecule has 1 heterocycles. The SMILES string of the molecule is CC1C(=O)N(c2cc(F)cc(F)c2)CC1NC(=O)Cc1cc(Cl)ccc1Cl. The molecule has 4 nitrogen and oxygen atoms in total. The van der Waals surface area contributed by atoms with Gasteiger partial charge in [-0.15, -0.1) is 0 Å². The lowest BCUT2D eigenvalue weighted by Crippen LogP contribution is -2.40. The number of hydrogen-bond acceptors (Lipinski definition) is 2. The molecule has 2 aromatic carbocycles. The number of hydrogen-bond donors (Lipinski definition) is 1. The Morgan fingerprint density at radius 3 is 2.52 bits per heavy atom. The fraction of sp³-hybridized carbons (Fsp3) is 0.263. The minimum Gasteiger partial charge on any atom is -0.350 e. The third kappa shape index (κ3) is 4.39. The van der Waals surface area contributed by atoms with Crippen LogP contribution >= 0.6 is 23.2 Å². The Balaban J connectivity index is 1.71. The van der Waals surface area contributed by atoms with Crippen molar-refractivity contribution < 1.29 is 18.4 Å². The van der Waals surface area contributed by atoms with E-state index < -0.39 is 23.6 Å². The topological polar surface area (TPSA) is 49.4 Å². The molecule has 142 valence electrons. The first-order valence-corrected chi connectivity index (χ1v) is 9.01. The van der Waals surface area contributed by atoms with Crippen molar-refractivity contribution in [2.24, 2.45) is 5.92 Å². The highest BCUT2D eigenvalue weighted by Gasteiger charge is 2.39. The van der Waals surface area contributed by atoms with E-state index in [4.69, 9.17) is 23.2 Å². The number of nitrogens with zero attached hydrogens (tertiary/aromatic N) is 1. The molecular formula is C19H16Cl2F2N2O2. The van der Waals surface area contributed by atoms with E-state index in [2.05, 4.69) is 5.32 Å². The number of anilines is 1. The molecule has 2 atom stereocenters. The van der Waals surface area contributed by atoms with E-state index in [9.17, 15) is 18.4 Å². The molecule has 8 heteroatoms. The first-order valence-electron chi connectivity index (χ1n) is 8.25. The number of rotatable bonds is 4. The lowest BCUT2D eigenvalue weighted by Gasteiger charge is -2.17. The van der Waals surface area contributed by atoms with Crippen molar-refractivity contribution in [3.63, 3.8) is 0 Å². The zero-order valence-corrected chi connectivity index (χ0v) is 15.8. The molecule has 0 aromatic heterocycles. The van der Waals surface area contributed by atoms with Crippen LogP contribution in [0.15, 0.2) is 36.4 Å². The van der Waals surface area contributed by atoms with E-state index in [1.54, 1.807) is 25.1 Å². The van der Waals surface area contributed by atoms with Gasteiger partial charge in [-0.2, -0.15) is 0 Å². The highest BCUT2D eigenvalue weighted by Crippen LogP contribution is 2.27. The van der Waals surface area contributed by atoms with Crippen LogP contribution in [-0.2, 0) is 16.0 Å². The van der Waals surface area contributed by atoms with E-state index >= 15 is 0 Å². The zero-order valence-electron chi connectivity index (χ0n) is 14.3. The van der Waals surface area contributed by atoms with E-state index in [0.29, 0.717) is 15.6 Å². The number of nitrogens with one attached hydrogen (secondary N) is 1. The first kappa shape index (κ1) is 19.6. The summed E-state index contributed by atoms with van der Waals surface area (Å²) < 4.78 is 26.9. The standard InChI is InChI=1S/C19H16Cl2F2N2O2/c1-10-17(24-18(26)5-11-4-12(20)2-3-16(11)21)9-25(19(10)27)15-7-13(22)6-14(23)8-15/h2-4,6-8,10,17H,5,9H2,1H3,(H,24,26). The first-order chi connectivity index (χ1) is 12.7. The predicted octanol–water partition coefficient (Wildman–Crippen LogP) is 3.98. The molecule has 1 N–H and O–H groups in total. The summed E-state index contributed by atoms with van der Waals surface area (Å²) in [4.78, 5) is 26.1. The van der Waals surface area contributed by atoms with Gasteiger partial charge in [0.05, 0.1) is 18.4 Å². The zero-order chi connectivity index (χ0) is 19.7. The molecule has 2 unspecified atom stereocenters. The van der Waals surface area contributed by atoms with Gasteiger partial charge < -0.3 is 10.2 Å². The van der Waals surface area contributed by atoms with Gasteiger partial charge in [-0.05, 0) is 35.9 Å². The Labute approximate surface area is 165 Å². The molecular weight excluding hydrogens is 397 g/mol. The summed E-state index contributed by atoms with van der Waals surface area (Å²) in [6, 6.07) is 7.26. The van der Waals surface area contributed by atoms with Crippen molar-refractivity contribution in [1.82, 2.24) is 5.32 Å². The van der Waals surface area contributed by atoms with Crippen molar-refractivity contribution in [3.8, 4) is 0 Å². The lowest BCUT2D eigenvalue weighted by atomic mass is 10.1. The van der Waals surface area contributed by atoms with Gasteiger partial charge in [0.25, 0.3) is 0 Å². The average molecular weight is 413 g/mol. The average Bonchev–Trinajstić information content (AvgIpc) is 2.86. The summed E-state index contributed by atoms with van der Waals surface area (Å²) in [5, 5.41) is 3.67. The van der Waals surface area contributed by atoms with Crippen LogP contribution in [0.25, 0.3) is 0 Å². The second-order valence-electron chi connectivity index (χ2n) is 6.45. The molecule has 0 spiro atoms. The maximum atomic E-state index is 13.5. The van der Waals surface area contributed by atoms with Crippen molar-refractivity contribution in [2.45, 2.75) is 19.4 Å². The monoisotopic (exact) mass is 412 g/mol. The summed E-state index contributed by atoms with van der Waals surface area (Å²) in [6.07, 6.45) is 0.00535. The number of carbonyl (C=O) groups is 2. The van der Waals surface area contributed by atoms with Crippen LogP contribution in [0, 0.1) is 17.6 Å². The molecule has 0 aliphatic carbocycles. The molecule has 1 aliphatic rings. The van der Waals surface area contributed by atoms with Crippen LogP contribution in [0.4, 0.5) is 14.5 Å². The minimum absolute atomic E-state index is 0.00535. The lowest BCUT2D eigenvalue weighted by molar-refractivity contribution is -0.122. The van der Waals surface area contributed by atoms with Gasteiger partial charge >= 0.3 is 0 Å². The molecule has 1 fully saturated rings. The van der Waals surface area contributed by atoms with Crippen LogP contribution in [0.1, 0.15) is 12.5 Å². The van der Waals surface area contributed by atoms with Crippen molar-refractivity contribution in [3.05, 3.63) is 63.6 Å². The second-order valence-corrected chi connectivity index (χ2v) is 7.30. The van der Waals surface area contributed by atoms with Crippen LogP contribution < -0.4 is 10.2 Å². The maximum Gasteiger partial charge on any atom is 0.232 e. The largest absolute Gasteiger partial charge is 0.350 e. The molecule has 3 rings (SSSR count). The van der Waals surface area contributed by atoms with Crippen LogP contribution in [0.3, 0.4) is 0 Å². The third-order valence-corrected chi connectivity index (χ3v) is 5.11. The van der Waals surface area contributed by atoms with Crippen LogP contribution in [0.2, 0.25) is 10.0 Å². The molecule has 0 radical (unpaired) electrons. The van der Waals surface area contributed by atoms with Crippen LogP contribution in [-0.4, -0.2) is 24.4 Å². The molecule has 27 heavy (non-hydrogen) atoms. The smallest absolute Gasteiger partial charge is 0.232 e. The minimum atomic E-state index is -0.770. The number of carbonyl (C=O) groups excluding carboxylic acids is 2. The number of halogens is 4. The highest BCUT2D eigenvalue weighted by molar-refractivity contribution is 6.33. The Bertz CT molecular complexity index is 887. The summed E-state index contributed by atoms with van der Waals surface area (Å²) in [6.45, 7) is 1.78. The third-order valence-electron chi connectivity index (χ3n) is 4.50. The molecule has 0 saturated carbocycles. The summed E-state index contributed by atoms with van der Waals surface area (Å²) >= 11 is 12.0. The fourth-order valence-corrected chi connectivity index (χ4v) is 3.45. The Hall–Kier alpha value is -2.18. The number of benzene rings is 2. The summed E-state index contributed by atoms with van der Waals surface area (Å²) in [5.74, 6) is -2.71. The molecule has 2 aromatic rings. The summed E-state index contributed by atoms with van der Waals surface area (Å²) in [5.41, 5.74) is 0.696. The van der Waals surface area contributed by atoms with Gasteiger partial charge in [0.2, 0.25) is 11.8 Å². The van der Waals surface area contributed by atoms with E-state index in [1.807, 2.05) is 0 Å². The quantitative estimate of drug-likeness (QED) is 0.825. The predicted molar refractivity (Wildman–Crippen MR) is 100.0 cm³/mol. The number of amides is 2. The van der Waals surface area contributed by atoms with Gasteiger partial charge in [0.15, 0.2) is 0 Å². The molecule has 1 aliphatic heterocycles. The molecule has 2 amide bonds. The van der Waals surface area contributed by atoms with E-state index in [-0.39, 0.29) is 30.5 Å².